The molecule has 4 saturated carbocycles. The van der Waals surface area contributed by atoms with Gasteiger partial charge in [-0.05, 0) is 104 Å². The van der Waals surface area contributed by atoms with E-state index >= 15 is 0 Å². The summed E-state index contributed by atoms with van der Waals surface area (Å²) in [6.45, 7) is 11.1. The Hall–Kier alpha value is 0.400. The zero-order valence-electron chi connectivity index (χ0n) is 19.7. The van der Waals surface area contributed by atoms with Crippen LogP contribution in [0.5, 0.6) is 0 Å². The van der Waals surface area contributed by atoms with Gasteiger partial charge >= 0.3 is 0 Å². The molecule has 1 spiro atoms. The van der Waals surface area contributed by atoms with E-state index in [1.165, 1.54) is 57.8 Å². The zero-order valence-corrected chi connectivity index (χ0v) is 21.3. The first-order valence-corrected chi connectivity index (χ1v) is 14.1. The Morgan fingerprint density at radius 1 is 0.833 bits per heavy atom. The Balaban J connectivity index is 1.26. The van der Waals surface area contributed by atoms with Crippen LogP contribution in [0.3, 0.4) is 0 Å². The second kappa shape index (κ2) is 6.95. The standard InChI is InChI=1S/C27H43BrO2/c1-16-7-12-27(29-15-16)17(2)24-23(30-27)14-22-20-6-5-18-13-19(28)8-10-25(18,3)21(20)9-11-26(22,24)4/h16-24H,5-15H2,1-4H3/t16-,17-,18?,19-,20?,21?,22?,23?,24?,25-,26-,27+/m0/s1. The van der Waals surface area contributed by atoms with E-state index < -0.39 is 0 Å². The molecule has 6 rings (SSSR count). The summed E-state index contributed by atoms with van der Waals surface area (Å²) < 4.78 is 13.4. The Kier molecular flexibility index (Phi) is 4.86. The van der Waals surface area contributed by atoms with E-state index in [9.17, 15) is 0 Å². The third kappa shape index (κ3) is 2.73. The molecule has 0 N–H and O–H groups in total. The van der Waals surface area contributed by atoms with Crippen LogP contribution >= 0.6 is 15.9 Å². The van der Waals surface area contributed by atoms with Crippen molar-refractivity contribution >= 4 is 15.9 Å². The summed E-state index contributed by atoms with van der Waals surface area (Å²) in [5, 5.41) is 0. The lowest BCUT2D eigenvalue weighted by Gasteiger charge is -2.61. The van der Waals surface area contributed by atoms with E-state index in [0.717, 1.165) is 41.5 Å². The minimum Gasteiger partial charge on any atom is -0.349 e. The molecular weight excluding hydrogens is 436 g/mol. The maximum Gasteiger partial charge on any atom is 0.171 e. The average molecular weight is 480 g/mol. The quantitative estimate of drug-likeness (QED) is 0.342. The molecule has 30 heavy (non-hydrogen) atoms. The number of rotatable bonds is 0. The first kappa shape index (κ1) is 21.0. The molecule has 2 nitrogen and oxygen atoms in total. The molecule has 12 atom stereocenters. The van der Waals surface area contributed by atoms with Crippen LogP contribution in [0.1, 0.15) is 91.9 Å². The largest absolute Gasteiger partial charge is 0.349 e. The van der Waals surface area contributed by atoms with E-state index in [4.69, 9.17) is 9.47 Å². The fourth-order valence-corrected chi connectivity index (χ4v) is 10.9. The summed E-state index contributed by atoms with van der Waals surface area (Å²) in [7, 11) is 0. The minimum absolute atomic E-state index is 0.259. The van der Waals surface area contributed by atoms with Crippen molar-refractivity contribution < 1.29 is 9.47 Å². The maximum atomic E-state index is 6.93. The molecule has 6 aliphatic rings. The van der Waals surface area contributed by atoms with Gasteiger partial charge in [0, 0.05) is 17.2 Å². The summed E-state index contributed by atoms with van der Waals surface area (Å²) in [5.74, 6) is 5.44. The third-order valence-corrected chi connectivity index (χ3v) is 12.7. The summed E-state index contributed by atoms with van der Waals surface area (Å²) in [6.07, 6.45) is 14.3. The van der Waals surface area contributed by atoms with Crippen LogP contribution in [-0.2, 0) is 9.47 Å². The normalized spacial score (nSPS) is 62.5. The van der Waals surface area contributed by atoms with Crippen molar-refractivity contribution in [3.63, 3.8) is 0 Å². The molecule has 6 unspecified atom stereocenters. The number of ether oxygens (including phenoxy) is 2. The molecule has 0 amide bonds. The number of alkyl halides is 1. The second-order valence-corrected chi connectivity index (χ2v) is 14.3. The SMILES string of the molecule is C[C@H]1CC[C@@]2(OC1)OC1CC3C4CCC5C[C@@H](Br)CC[C@]5(C)C4CC[C@]3(C)C1[C@@H]2C. The molecule has 6 fully saturated rings. The number of fused-ring (bicyclic) bond motifs is 7. The minimum atomic E-state index is -0.259. The first-order chi connectivity index (χ1) is 14.3. The van der Waals surface area contributed by atoms with E-state index in [0.29, 0.717) is 34.7 Å². The van der Waals surface area contributed by atoms with Crippen LogP contribution in [0.4, 0.5) is 0 Å². The molecule has 0 aromatic rings. The van der Waals surface area contributed by atoms with Crippen LogP contribution in [-0.4, -0.2) is 23.3 Å². The molecule has 0 aromatic carbocycles. The van der Waals surface area contributed by atoms with Crippen molar-refractivity contribution in [1.29, 1.82) is 0 Å². The molecule has 2 aliphatic heterocycles. The van der Waals surface area contributed by atoms with Crippen molar-refractivity contribution in [2.24, 2.45) is 52.3 Å². The van der Waals surface area contributed by atoms with E-state index in [1.54, 1.807) is 0 Å². The maximum absolute atomic E-state index is 6.93. The number of hydrogen-bond acceptors (Lipinski definition) is 2. The average Bonchev–Trinajstić information content (AvgIpc) is 3.16. The molecule has 2 saturated heterocycles. The Morgan fingerprint density at radius 2 is 1.63 bits per heavy atom. The lowest BCUT2D eigenvalue weighted by atomic mass is 9.44. The van der Waals surface area contributed by atoms with Gasteiger partial charge in [0.15, 0.2) is 5.79 Å². The van der Waals surface area contributed by atoms with E-state index in [1.807, 2.05) is 0 Å². The monoisotopic (exact) mass is 478 g/mol. The highest BCUT2D eigenvalue weighted by atomic mass is 79.9. The molecular formula is C27H43BrO2. The molecule has 4 aliphatic carbocycles. The molecule has 3 heteroatoms. The van der Waals surface area contributed by atoms with Gasteiger partial charge in [-0.3, -0.25) is 0 Å². The molecule has 2 heterocycles. The van der Waals surface area contributed by atoms with Crippen molar-refractivity contribution in [1.82, 2.24) is 0 Å². The fraction of sp³-hybridized carbons (Fsp3) is 1.00. The molecule has 0 aromatic heterocycles. The van der Waals surface area contributed by atoms with Crippen molar-refractivity contribution in [3.05, 3.63) is 0 Å². The highest BCUT2D eigenvalue weighted by molar-refractivity contribution is 9.09. The van der Waals surface area contributed by atoms with Crippen LogP contribution in [0.2, 0.25) is 0 Å². The Labute approximate surface area is 192 Å². The van der Waals surface area contributed by atoms with Gasteiger partial charge in [-0.15, -0.1) is 0 Å². The first-order valence-electron chi connectivity index (χ1n) is 13.2. The van der Waals surface area contributed by atoms with Gasteiger partial charge in [0.25, 0.3) is 0 Å². The summed E-state index contributed by atoms with van der Waals surface area (Å²) in [4.78, 5) is 0.774. The Morgan fingerprint density at radius 3 is 2.40 bits per heavy atom. The van der Waals surface area contributed by atoms with Crippen LogP contribution < -0.4 is 0 Å². The Bertz CT molecular complexity index is 686. The summed E-state index contributed by atoms with van der Waals surface area (Å²) in [6, 6.07) is 0. The summed E-state index contributed by atoms with van der Waals surface area (Å²) in [5.41, 5.74) is 1.07. The lowest BCUT2D eigenvalue weighted by molar-refractivity contribution is -0.273. The molecule has 0 bridgehead atoms. The zero-order chi connectivity index (χ0) is 20.9. The lowest BCUT2D eigenvalue weighted by Crippen LogP contribution is -2.54. The van der Waals surface area contributed by atoms with Crippen LogP contribution in [0, 0.1) is 52.3 Å². The van der Waals surface area contributed by atoms with Gasteiger partial charge in [-0.1, -0.05) is 43.6 Å². The fourth-order valence-electron chi connectivity index (χ4n) is 10.2. The topological polar surface area (TPSA) is 18.5 Å². The van der Waals surface area contributed by atoms with E-state index in [2.05, 4.69) is 43.6 Å². The highest BCUT2D eigenvalue weighted by Gasteiger charge is 2.69. The third-order valence-electron chi connectivity index (χ3n) is 11.9. The van der Waals surface area contributed by atoms with Gasteiger partial charge < -0.3 is 9.47 Å². The van der Waals surface area contributed by atoms with Gasteiger partial charge in [0.1, 0.15) is 0 Å². The van der Waals surface area contributed by atoms with Crippen molar-refractivity contribution in [2.45, 2.75) is 109 Å². The van der Waals surface area contributed by atoms with Crippen LogP contribution in [0.25, 0.3) is 0 Å². The number of hydrogen-bond donors (Lipinski definition) is 0. The van der Waals surface area contributed by atoms with Gasteiger partial charge in [-0.2, -0.15) is 0 Å². The van der Waals surface area contributed by atoms with E-state index in [-0.39, 0.29) is 5.79 Å². The molecule has 0 radical (unpaired) electrons. The molecule has 170 valence electrons. The van der Waals surface area contributed by atoms with Crippen molar-refractivity contribution in [3.8, 4) is 0 Å². The van der Waals surface area contributed by atoms with Gasteiger partial charge in [0.2, 0.25) is 0 Å². The smallest absolute Gasteiger partial charge is 0.171 e. The number of halogens is 1. The highest BCUT2D eigenvalue weighted by Crippen LogP contribution is 2.71. The van der Waals surface area contributed by atoms with Crippen molar-refractivity contribution in [2.75, 3.05) is 6.61 Å². The summed E-state index contributed by atoms with van der Waals surface area (Å²) >= 11 is 3.97. The van der Waals surface area contributed by atoms with Crippen LogP contribution in [0.15, 0.2) is 0 Å². The van der Waals surface area contributed by atoms with Gasteiger partial charge in [0.05, 0.1) is 12.7 Å². The predicted octanol–water partition coefficient (Wildman–Crippen LogP) is 7.20. The predicted molar refractivity (Wildman–Crippen MR) is 124 cm³/mol. The second-order valence-electron chi connectivity index (χ2n) is 13.0. The van der Waals surface area contributed by atoms with Gasteiger partial charge in [-0.25, -0.2) is 0 Å².